The summed E-state index contributed by atoms with van der Waals surface area (Å²) in [5.74, 6) is -1.20. The van der Waals surface area contributed by atoms with Gasteiger partial charge in [0.25, 0.3) is 0 Å². The SMILES string of the molecule is CCC(=O)N(CC(=O)O)c1ccccc1. The van der Waals surface area contributed by atoms with Crippen LogP contribution in [0.15, 0.2) is 30.3 Å². The van der Waals surface area contributed by atoms with Crippen LogP contribution in [-0.2, 0) is 9.59 Å². The maximum absolute atomic E-state index is 11.5. The molecule has 0 heterocycles. The molecule has 0 unspecified atom stereocenters. The molecule has 0 saturated carbocycles. The highest BCUT2D eigenvalue weighted by molar-refractivity contribution is 5.97. The average molecular weight is 207 g/mol. The number of aliphatic carboxylic acids is 1. The van der Waals surface area contributed by atoms with Crippen LogP contribution in [0, 0.1) is 0 Å². The van der Waals surface area contributed by atoms with Crippen molar-refractivity contribution in [2.24, 2.45) is 0 Å². The number of para-hydroxylation sites is 1. The molecule has 0 bridgehead atoms. The van der Waals surface area contributed by atoms with E-state index in [1.807, 2.05) is 6.07 Å². The second-order valence-electron chi connectivity index (χ2n) is 3.06. The minimum absolute atomic E-state index is 0.191. The zero-order chi connectivity index (χ0) is 11.3. The quantitative estimate of drug-likeness (QED) is 0.814. The summed E-state index contributed by atoms with van der Waals surface area (Å²) in [6.07, 6.45) is 0.294. The van der Waals surface area contributed by atoms with Gasteiger partial charge in [-0.1, -0.05) is 25.1 Å². The molecule has 0 atom stereocenters. The van der Waals surface area contributed by atoms with Gasteiger partial charge in [0.05, 0.1) is 0 Å². The molecular formula is C11H13NO3. The standard InChI is InChI=1S/C11H13NO3/c1-2-10(13)12(8-11(14)15)9-6-4-3-5-7-9/h3-7H,2,8H2,1H3,(H,14,15). The lowest BCUT2D eigenvalue weighted by Gasteiger charge is -2.19. The number of carboxylic acids is 1. The molecule has 0 fully saturated rings. The van der Waals surface area contributed by atoms with Crippen LogP contribution in [0.3, 0.4) is 0 Å². The monoisotopic (exact) mass is 207 g/mol. The van der Waals surface area contributed by atoms with Gasteiger partial charge in [0.2, 0.25) is 5.91 Å². The molecule has 0 spiro atoms. The maximum Gasteiger partial charge on any atom is 0.323 e. The van der Waals surface area contributed by atoms with Gasteiger partial charge in [-0.3, -0.25) is 9.59 Å². The summed E-state index contributed by atoms with van der Waals surface area (Å²) in [5, 5.41) is 8.70. The van der Waals surface area contributed by atoms with E-state index in [1.54, 1.807) is 31.2 Å². The van der Waals surface area contributed by atoms with Crippen LogP contribution in [-0.4, -0.2) is 23.5 Å². The van der Waals surface area contributed by atoms with Gasteiger partial charge in [0.1, 0.15) is 6.54 Å². The zero-order valence-electron chi connectivity index (χ0n) is 8.51. The minimum atomic E-state index is -1.01. The Labute approximate surface area is 88.1 Å². The first-order chi connectivity index (χ1) is 7.15. The molecule has 0 aliphatic carbocycles. The molecule has 0 radical (unpaired) electrons. The van der Waals surface area contributed by atoms with Crippen LogP contribution >= 0.6 is 0 Å². The van der Waals surface area contributed by atoms with Gasteiger partial charge >= 0.3 is 5.97 Å². The van der Waals surface area contributed by atoms with Gasteiger partial charge in [0.15, 0.2) is 0 Å². The van der Waals surface area contributed by atoms with Crippen molar-refractivity contribution >= 4 is 17.6 Å². The van der Waals surface area contributed by atoms with Gasteiger partial charge in [-0.05, 0) is 12.1 Å². The Bertz CT molecular complexity index is 348. The summed E-state index contributed by atoms with van der Waals surface area (Å²) < 4.78 is 0. The van der Waals surface area contributed by atoms with E-state index >= 15 is 0 Å². The molecule has 15 heavy (non-hydrogen) atoms. The second-order valence-corrected chi connectivity index (χ2v) is 3.06. The highest BCUT2D eigenvalue weighted by Gasteiger charge is 2.16. The number of nitrogens with zero attached hydrogens (tertiary/aromatic N) is 1. The van der Waals surface area contributed by atoms with Crippen molar-refractivity contribution in [2.75, 3.05) is 11.4 Å². The number of anilines is 1. The first-order valence-electron chi connectivity index (χ1n) is 4.72. The van der Waals surface area contributed by atoms with Gasteiger partial charge in [-0.2, -0.15) is 0 Å². The molecule has 1 aromatic carbocycles. The van der Waals surface area contributed by atoms with Crippen LogP contribution in [0.1, 0.15) is 13.3 Å². The van der Waals surface area contributed by atoms with Gasteiger partial charge in [-0.25, -0.2) is 0 Å². The molecule has 0 aromatic heterocycles. The highest BCUT2D eigenvalue weighted by Crippen LogP contribution is 2.13. The Kier molecular flexibility index (Phi) is 3.85. The molecule has 1 aromatic rings. The largest absolute Gasteiger partial charge is 0.480 e. The number of carbonyl (C=O) groups is 2. The predicted octanol–water partition coefficient (Wildman–Crippen LogP) is 1.51. The van der Waals surface area contributed by atoms with E-state index in [-0.39, 0.29) is 12.5 Å². The van der Waals surface area contributed by atoms with Crippen molar-refractivity contribution in [3.63, 3.8) is 0 Å². The molecule has 4 heteroatoms. The van der Waals surface area contributed by atoms with Crippen molar-refractivity contribution < 1.29 is 14.7 Å². The number of carbonyl (C=O) groups excluding carboxylic acids is 1. The summed E-state index contributed by atoms with van der Waals surface area (Å²) in [4.78, 5) is 23.4. The third kappa shape index (κ3) is 3.09. The lowest BCUT2D eigenvalue weighted by Crippen LogP contribution is -2.35. The molecule has 0 saturated heterocycles. The summed E-state index contributed by atoms with van der Waals surface area (Å²) >= 11 is 0. The molecular weight excluding hydrogens is 194 g/mol. The van der Waals surface area contributed by atoms with Crippen LogP contribution in [0.25, 0.3) is 0 Å². The topological polar surface area (TPSA) is 57.6 Å². The number of benzene rings is 1. The Morgan fingerprint density at radius 3 is 2.33 bits per heavy atom. The fourth-order valence-corrected chi connectivity index (χ4v) is 1.26. The zero-order valence-corrected chi connectivity index (χ0v) is 8.51. The average Bonchev–Trinajstić information content (AvgIpc) is 2.26. The summed E-state index contributed by atoms with van der Waals surface area (Å²) in [7, 11) is 0. The van der Waals surface area contributed by atoms with Gasteiger partial charge in [0, 0.05) is 12.1 Å². The summed E-state index contributed by atoms with van der Waals surface area (Å²) in [6, 6.07) is 8.80. The lowest BCUT2D eigenvalue weighted by atomic mass is 10.2. The summed E-state index contributed by atoms with van der Waals surface area (Å²) in [6.45, 7) is 1.41. The van der Waals surface area contributed by atoms with E-state index < -0.39 is 5.97 Å². The molecule has 4 nitrogen and oxygen atoms in total. The Morgan fingerprint density at radius 2 is 1.87 bits per heavy atom. The maximum atomic E-state index is 11.5. The lowest BCUT2D eigenvalue weighted by molar-refractivity contribution is -0.136. The smallest absolute Gasteiger partial charge is 0.323 e. The molecule has 1 N–H and O–H groups in total. The van der Waals surface area contributed by atoms with E-state index in [9.17, 15) is 9.59 Å². The Hall–Kier alpha value is -1.84. The number of carboxylic acid groups (broad SMARTS) is 1. The fourth-order valence-electron chi connectivity index (χ4n) is 1.26. The van der Waals surface area contributed by atoms with Crippen LogP contribution < -0.4 is 4.90 Å². The highest BCUT2D eigenvalue weighted by atomic mass is 16.4. The predicted molar refractivity (Wildman–Crippen MR) is 56.7 cm³/mol. The number of rotatable bonds is 4. The fraction of sp³-hybridized carbons (Fsp3) is 0.273. The number of hydrogen-bond donors (Lipinski definition) is 1. The van der Waals surface area contributed by atoms with Crippen molar-refractivity contribution in [3.05, 3.63) is 30.3 Å². The van der Waals surface area contributed by atoms with E-state index in [2.05, 4.69) is 0 Å². The molecule has 80 valence electrons. The number of hydrogen-bond acceptors (Lipinski definition) is 2. The van der Waals surface area contributed by atoms with Crippen LogP contribution in [0.2, 0.25) is 0 Å². The van der Waals surface area contributed by atoms with Crippen molar-refractivity contribution in [1.82, 2.24) is 0 Å². The van der Waals surface area contributed by atoms with E-state index in [4.69, 9.17) is 5.11 Å². The third-order valence-corrected chi connectivity index (χ3v) is 1.96. The normalized spacial score (nSPS) is 9.67. The molecule has 1 rings (SSSR count). The van der Waals surface area contributed by atoms with Crippen molar-refractivity contribution in [2.45, 2.75) is 13.3 Å². The number of amides is 1. The molecule has 1 amide bonds. The third-order valence-electron chi connectivity index (χ3n) is 1.96. The van der Waals surface area contributed by atoms with Gasteiger partial charge < -0.3 is 10.0 Å². The minimum Gasteiger partial charge on any atom is -0.480 e. The van der Waals surface area contributed by atoms with Crippen LogP contribution in [0.4, 0.5) is 5.69 Å². The molecule has 0 aliphatic rings. The van der Waals surface area contributed by atoms with Crippen molar-refractivity contribution in [3.8, 4) is 0 Å². The second kappa shape index (κ2) is 5.14. The Morgan fingerprint density at radius 1 is 1.27 bits per heavy atom. The summed E-state index contributed by atoms with van der Waals surface area (Å²) in [5.41, 5.74) is 0.617. The van der Waals surface area contributed by atoms with Crippen LogP contribution in [0.5, 0.6) is 0 Å². The van der Waals surface area contributed by atoms with Crippen molar-refractivity contribution in [1.29, 1.82) is 0 Å². The molecule has 0 aliphatic heterocycles. The van der Waals surface area contributed by atoms with E-state index in [0.717, 1.165) is 0 Å². The van der Waals surface area contributed by atoms with E-state index in [0.29, 0.717) is 12.1 Å². The van der Waals surface area contributed by atoms with Gasteiger partial charge in [-0.15, -0.1) is 0 Å². The first-order valence-corrected chi connectivity index (χ1v) is 4.72. The van der Waals surface area contributed by atoms with E-state index in [1.165, 1.54) is 4.90 Å². The Balaban J connectivity index is 2.91. The first kappa shape index (κ1) is 11.2.